The number of anilines is 1. The molecule has 4 rings (SSSR count). The topological polar surface area (TPSA) is 65.4 Å². The average Bonchev–Trinajstić information content (AvgIpc) is 3.11. The Bertz CT molecular complexity index is 974. The minimum atomic E-state index is -0.155. The first-order valence-corrected chi connectivity index (χ1v) is 9.18. The van der Waals surface area contributed by atoms with Crippen LogP contribution in [0, 0.1) is 6.92 Å². The molecular weight excluding hydrogens is 342 g/mol. The van der Waals surface area contributed by atoms with Gasteiger partial charge in [-0.2, -0.15) is 5.10 Å². The molecule has 6 heteroatoms. The summed E-state index contributed by atoms with van der Waals surface area (Å²) in [5.74, 6) is 0.629. The zero-order valence-electron chi connectivity index (χ0n) is 15.6. The Morgan fingerprint density at radius 2 is 1.93 bits per heavy atom. The van der Waals surface area contributed by atoms with E-state index in [9.17, 15) is 4.79 Å². The number of fused-ring (bicyclic) bond motifs is 1. The lowest BCUT2D eigenvalue weighted by molar-refractivity contribution is 0.0646. The molecule has 1 N–H and O–H groups in total. The minimum Gasteiger partial charge on any atom is -0.496 e. The van der Waals surface area contributed by atoms with Crippen LogP contribution in [0.1, 0.15) is 35.1 Å². The van der Waals surface area contributed by atoms with Crippen LogP contribution in [0.3, 0.4) is 0 Å². The van der Waals surface area contributed by atoms with Gasteiger partial charge in [-0.15, -0.1) is 0 Å². The Kier molecular flexibility index (Phi) is 4.81. The molecule has 1 aliphatic heterocycles. The summed E-state index contributed by atoms with van der Waals surface area (Å²) in [5.41, 5.74) is 2.18. The minimum absolute atomic E-state index is 0.155. The van der Waals surface area contributed by atoms with Crippen molar-refractivity contribution in [2.75, 3.05) is 25.6 Å². The molecule has 0 spiro atoms. The number of hydrogen-bond acceptors (Lipinski definition) is 4. The van der Waals surface area contributed by atoms with Gasteiger partial charge in [-0.25, -0.2) is 0 Å². The summed E-state index contributed by atoms with van der Waals surface area (Å²) in [5, 5.41) is 9.53. The number of hydrogen-bond donors (Lipinski definition) is 1. The molecule has 140 valence electrons. The molecule has 1 fully saturated rings. The molecule has 1 aromatic heterocycles. The van der Waals surface area contributed by atoms with Gasteiger partial charge in [-0.1, -0.05) is 24.3 Å². The summed E-state index contributed by atoms with van der Waals surface area (Å²) in [4.78, 5) is 13.1. The predicted octanol–water partition coefficient (Wildman–Crippen LogP) is 3.96. The van der Waals surface area contributed by atoms with Crippen LogP contribution >= 0.6 is 0 Å². The van der Waals surface area contributed by atoms with Gasteiger partial charge in [0.15, 0.2) is 0 Å². The van der Waals surface area contributed by atoms with E-state index in [0.717, 1.165) is 40.7 Å². The third-order valence-electron chi connectivity index (χ3n) is 4.98. The Balaban J connectivity index is 1.67. The summed E-state index contributed by atoms with van der Waals surface area (Å²) in [6.45, 7) is 3.32. The molecule has 2 heterocycles. The number of amides is 1. The molecule has 1 saturated heterocycles. The number of carbonyl (C=O) groups is 1. The zero-order valence-corrected chi connectivity index (χ0v) is 15.6. The number of aryl methyl sites for hydroxylation is 1. The molecule has 6 nitrogen and oxygen atoms in total. The van der Waals surface area contributed by atoms with E-state index in [0.29, 0.717) is 18.9 Å². The fraction of sp³-hybridized carbons (Fsp3) is 0.333. The quantitative estimate of drug-likeness (QED) is 0.760. The Labute approximate surface area is 158 Å². The van der Waals surface area contributed by atoms with Crippen molar-refractivity contribution in [1.29, 1.82) is 0 Å². The van der Waals surface area contributed by atoms with Crippen molar-refractivity contribution in [2.24, 2.45) is 0 Å². The van der Waals surface area contributed by atoms with Gasteiger partial charge in [0.05, 0.1) is 18.8 Å². The molecule has 0 atom stereocenters. The van der Waals surface area contributed by atoms with Crippen LogP contribution in [-0.2, 0) is 4.74 Å². The molecule has 1 aliphatic rings. The largest absolute Gasteiger partial charge is 0.496 e. The van der Waals surface area contributed by atoms with Crippen LogP contribution in [-0.4, -0.2) is 36.0 Å². The van der Waals surface area contributed by atoms with Gasteiger partial charge in [-0.05, 0) is 38.0 Å². The lowest BCUT2D eigenvalue weighted by Crippen LogP contribution is -2.25. The van der Waals surface area contributed by atoms with Crippen LogP contribution in [0.4, 0.5) is 5.69 Å². The van der Waals surface area contributed by atoms with Gasteiger partial charge >= 0.3 is 0 Å². The summed E-state index contributed by atoms with van der Waals surface area (Å²) in [6.07, 6.45) is 1.74. The standard InChI is InChI=1S/C21H23N3O3/c1-14-13-19(24(23-14)15-9-11-27-12-10-15)21(25)22-18-7-8-20(26-2)17-6-4-3-5-16(17)18/h3-8,13,15H,9-12H2,1-2H3,(H,22,25). The van der Waals surface area contributed by atoms with Gasteiger partial charge in [0, 0.05) is 29.7 Å². The highest BCUT2D eigenvalue weighted by Crippen LogP contribution is 2.32. The van der Waals surface area contributed by atoms with E-state index < -0.39 is 0 Å². The third-order valence-corrected chi connectivity index (χ3v) is 4.98. The van der Waals surface area contributed by atoms with Crippen molar-refractivity contribution in [2.45, 2.75) is 25.8 Å². The Morgan fingerprint density at radius 1 is 1.19 bits per heavy atom. The van der Waals surface area contributed by atoms with Crippen molar-refractivity contribution in [1.82, 2.24) is 9.78 Å². The summed E-state index contributed by atoms with van der Waals surface area (Å²) in [6, 6.07) is 13.7. The number of nitrogens with zero attached hydrogens (tertiary/aromatic N) is 2. The second kappa shape index (κ2) is 7.40. The maximum atomic E-state index is 13.1. The van der Waals surface area contributed by atoms with Gasteiger partial charge in [0.1, 0.15) is 11.4 Å². The molecule has 0 aliphatic carbocycles. The first-order valence-electron chi connectivity index (χ1n) is 9.18. The zero-order chi connectivity index (χ0) is 18.8. The van der Waals surface area contributed by atoms with Crippen LogP contribution in [0.25, 0.3) is 10.8 Å². The average molecular weight is 365 g/mol. The third kappa shape index (κ3) is 3.40. The van der Waals surface area contributed by atoms with Crippen molar-refractivity contribution in [3.8, 4) is 5.75 Å². The molecule has 27 heavy (non-hydrogen) atoms. The number of rotatable bonds is 4. The molecule has 2 aromatic carbocycles. The lowest BCUT2D eigenvalue weighted by Gasteiger charge is -2.24. The van der Waals surface area contributed by atoms with Crippen LogP contribution < -0.4 is 10.1 Å². The molecule has 3 aromatic rings. The molecule has 0 saturated carbocycles. The van der Waals surface area contributed by atoms with Crippen molar-refractivity contribution in [3.05, 3.63) is 53.9 Å². The monoisotopic (exact) mass is 365 g/mol. The van der Waals surface area contributed by atoms with Crippen molar-refractivity contribution >= 4 is 22.4 Å². The number of benzene rings is 2. The predicted molar refractivity (Wildman–Crippen MR) is 105 cm³/mol. The van der Waals surface area contributed by atoms with E-state index in [4.69, 9.17) is 9.47 Å². The molecule has 1 amide bonds. The maximum Gasteiger partial charge on any atom is 0.273 e. The fourth-order valence-corrected chi connectivity index (χ4v) is 3.64. The highest BCUT2D eigenvalue weighted by molar-refractivity contribution is 6.09. The van der Waals surface area contributed by atoms with Crippen molar-refractivity contribution < 1.29 is 14.3 Å². The molecular formula is C21H23N3O3. The summed E-state index contributed by atoms with van der Waals surface area (Å²) in [7, 11) is 1.65. The van der Waals surface area contributed by atoms with E-state index in [1.165, 1.54) is 0 Å². The molecule has 0 radical (unpaired) electrons. The van der Waals surface area contributed by atoms with E-state index in [1.807, 2.05) is 54.1 Å². The summed E-state index contributed by atoms with van der Waals surface area (Å²) < 4.78 is 12.7. The highest BCUT2D eigenvalue weighted by Gasteiger charge is 2.23. The van der Waals surface area contributed by atoms with Gasteiger partial charge in [0.2, 0.25) is 0 Å². The molecule has 0 bridgehead atoms. The molecule has 0 unspecified atom stereocenters. The number of ether oxygens (including phenoxy) is 2. The van der Waals surface area contributed by atoms with Crippen molar-refractivity contribution in [3.63, 3.8) is 0 Å². The summed E-state index contributed by atoms with van der Waals surface area (Å²) >= 11 is 0. The maximum absolute atomic E-state index is 13.1. The van der Waals surface area contributed by atoms with Crippen LogP contribution in [0.15, 0.2) is 42.5 Å². The smallest absolute Gasteiger partial charge is 0.273 e. The van der Waals surface area contributed by atoms with Gasteiger partial charge < -0.3 is 14.8 Å². The van der Waals surface area contributed by atoms with E-state index in [1.54, 1.807) is 7.11 Å². The number of nitrogens with one attached hydrogen (secondary N) is 1. The van der Waals surface area contributed by atoms with Gasteiger partial charge in [-0.3, -0.25) is 9.48 Å². The van der Waals surface area contributed by atoms with E-state index in [-0.39, 0.29) is 11.9 Å². The SMILES string of the molecule is COc1ccc(NC(=O)c2cc(C)nn2C2CCOCC2)c2ccccc12. The van der Waals surface area contributed by atoms with Crippen LogP contribution in [0.2, 0.25) is 0 Å². The Morgan fingerprint density at radius 3 is 2.67 bits per heavy atom. The first kappa shape index (κ1) is 17.5. The normalized spacial score (nSPS) is 15.0. The number of methoxy groups -OCH3 is 1. The van der Waals surface area contributed by atoms with E-state index in [2.05, 4.69) is 10.4 Å². The van der Waals surface area contributed by atoms with Crippen LogP contribution in [0.5, 0.6) is 5.75 Å². The number of carbonyl (C=O) groups excluding carboxylic acids is 1. The highest BCUT2D eigenvalue weighted by atomic mass is 16.5. The van der Waals surface area contributed by atoms with E-state index >= 15 is 0 Å². The Hall–Kier alpha value is -2.86. The fourth-order valence-electron chi connectivity index (χ4n) is 3.64. The van der Waals surface area contributed by atoms with Gasteiger partial charge in [0.25, 0.3) is 5.91 Å². The second-order valence-corrected chi connectivity index (χ2v) is 6.77. The number of aromatic nitrogens is 2. The lowest BCUT2D eigenvalue weighted by atomic mass is 10.1. The second-order valence-electron chi connectivity index (χ2n) is 6.77. The first-order chi connectivity index (χ1) is 13.2.